The number of hydrogen-bond acceptors (Lipinski definition) is 6. The van der Waals surface area contributed by atoms with E-state index in [1.807, 2.05) is 46.7 Å². The van der Waals surface area contributed by atoms with E-state index in [-0.39, 0.29) is 23.3 Å². The van der Waals surface area contributed by atoms with E-state index in [2.05, 4.69) is 23.2 Å². The van der Waals surface area contributed by atoms with E-state index >= 15 is 0 Å². The third-order valence-electron chi connectivity index (χ3n) is 5.27. The van der Waals surface area contributed by atoms with Crippen LogP contribution in [0.2, 0.25) is 0 Å². The van der Waals surface area contributed by atoms with Gasteiger partial charge in [0.25, 0.3) is 5.56 Å². The van der Waals surface area contributed by atoms with Gasteiger partial charge in [0, 0.05) is 17.7 Å². The zero-order chi connectivity index (χ0) is 21.4. The third-order valence-corrected chi connectivity index (χ3v) is 8.23. The summed E-state index contributed by atoms with van der Waals surface area (Å²) in [7, 11) is 1.71. The van der Waals surface area contributed by atoms with Crippen LogP contribution in [0.1, 0.15) is 11.6 Å². The minimum Gasteiger partial charge on any atom is -0.302 e. The topological polar surface area (TPSA) is 55.2 Å². The van der Waals surface area contributed by atoms with Crippen LogP contribution in [0.4, 0.5) is 5.69 Å². The molecule has 0 spiro atoms. The SMILES string of the molecule is Cn1c(SCC(=O)N2c3ccccc3SCC2c2ccccc2)nc2sccc2c1=O. The van der Waals surface area contributed by atoms with Gasteiger partial charge < -0.3 is 4.90 Å². The summed E-state index contributed by atoms with van der Waals surface area (Å²) in [6.45, 7) is 0. The maximum atomic E-state index is 13.5. The predicted molar refractivity (Wildman–Crippen MR) is 129 cm³/mol. The maximum absolute atomic E-state index is 13.5. The molecule has 3 heterocycles. The maximum Gasteiger partial charge on any atom is 0.262 e. The molecule has 0 N–H and O–H groups in total. The monoisotopic (exact) mass is 465 g/mol. The number of thiophene rings is 1. The average Bonchev–Trinajstić information content (AvgIpc) is 3.29. The van der Waals surface area contributed by atoms with E-state index < -0.39 is 0 Å². The van der Waals surface area contributed by atoms with E-state index in [4.69, 9.17) is 0 Å². The van der Waals surface area contributed by atoms with Crippen molar-refractivity contribution in [3.8, 4) is 0 Å². The summed E-state index contributed by atoms with van der Waals surface area (Å²) in [5.41, 5.74) is 1.98. The van der Waals surface area contributed by atoms with Crippen molar-refractivity contribution in [2.75, 3.05) is 16.4 Å². The Balaban J connectivity index is 1.46. The largest absolute Gasteiger partial charge is 0.302 e. The molecule has 8 heteroatoms. The van der Waals surface area contributed by atoms with Crippen molar-refractivity contribution in [2.45, 2.75) is 16.1 Å². The Hall–Kier alpha value is -2.55. The summed E-state index contributed by atoms with van der Waals surface area (Å²) in [6, 6.07) is 19.9. The van der Waals surface area contributed by atoms with Gasteiger partial charge in [-0.1, -0.05) is 54.2 Å². The molecule has 2 aromatic carbocycles. The second kappa shape index (κ2) is 8.53. The number of carbonyl (C=O) groups is 1. The van der Waals surface area contributed by atoms with Gasteiger partial charge in [-0.05, 0) is 29.1 Å². The Morgan fingerprint density at radius 2 is 1.90 bits per heavy atom. The van der Waals surface area contributed by atoms with E-state index in [1.54, 1.807) is 24.9 Å². The van der Waals surface area contributed by atoms with Crippen molar-refractivity contribution in [3.05, 3.63) is 82.0 Å². The fourth-order valence-electron chi connectivity index (χ4n) is 3.72. The van der Waals surface area contributed by atoms with Crippen molar-refractivity contribution in [2.24, 2.45) is 7.05 Å². The van der Waals surface area contributed by atoms with Gasteiger partial charge in [-0.2, -0.15) is 0 Å². The molecule has 0 saturated carbocycles. The number of nitrogens with zero attached hydrogens (tertiary/aromatic N) is 3. The van der Waals surface area contributed by atoms with Crippen molar-refractivity contribution < 1.29 is 4.79 Å². The third kappa shape index (κ3) is 3.79. The van der Waals surface area contributed by atoms with Gasteiger partial charge in [0.05, 0.1) is 22.9 Å². The molecule has 156 valence electrons. The summed E-state index contributed by atoms with van der Waals surface area (Å²) in [4.78, 5) is 34.4. The standard InChI is InChI=1S/C23H19N3O2S3/c1-25-22(28)16-11-12-29-21(16)24-23(25)31-14-20(27)26-17-9-5-6-10-19(17)30-13-18(26)15-7-3-2-4-8-15/h2-12,18H,13-14H2,1H3. The predicted octanol–water partition coefficient (Wildman–Crippen LogP) is 4.97. The minimum atomic E-state index is -0.0805. The normalized spacial score (nSPS) is 15.8. The summed E-state index contributed by atoms with van der Waals surface area (Å²) < 4.78 is 1.53. The number of amides is 1. The number of rotatable bonds is 4. The van der Waals surface area contributed by atoms with E-state index in [1.165, 1.54) is 27.7 Å². The van der Waals surface area contributed by atoms with Gasteiger partial charge in [0.1, 0.15) is 4.83 Å². The Morgan fingerprint density at radius 1 is 1.13 bits per heavy atom. The minimum absolute atomic E-state index is 0.00660. The molecular weight excluding hydrogens is 446 g/mol. The van der Waals surface area contributed by atoms with Gasteiger partial charge in [0.2, 0.25) is 5.91 Å². The van der Waals surface area contributed by atoms with Crippen molar-refractivity contribution in [1.82, 2.24) is 9.55 Å². The number of anilines is 1. The fraction of sp³-hybridized carbons (Fsp3) is 0.174. The quantitative estimate of drug-likeness (QED) is 0.315. The van der Waals surface area contributed by atoms with Gasteiger partial charge in [-0.3, -0.25) is 14.2 Å². The first-order valence-electron chi connectivity index (χ1n) is 9.79. The van der Waals surface area contributed by atoms with Gasteiger partial charge in [-0.15, -0.1) is 23.1 Å². The Morgan fingerprint density at radius 3 is 2.74 bits per heavy atom. The average molecular weight is 466 g/mol. The molecule has 1 atom stereocenters. The van der Waals surface area contributed by atoms with Crippen LogP contribution in [-0.4, -0.2) is 27.0 Å². The molecule has 0 aliphatic carbocycles. The Kier molecular flexibility index (Phi) is 5.60. The second-order valence-electron chi connectivity index (χ2n) is 7.16. The van der Waals surface area contributed by atoms with Crippen LogP contribution in [0.15, 0.2) is 80.9 Å². The molecule has 31 heavy (non-hydrogen) atoms. The Bertz CT molecular complexity index is 1320. The van der Waals surface area contributed by atoms with Crippen LogP contribution >= 0.6 is 34.9 Å². The number of fused-ring (bicyclic) bond motifs is 2. The van der Waals surface area contributed by atoms with Gasteiger partial charge in [0.15, 0.2) is 5.16 Å². The molecule has 5 rings (SSSR count). The molecule has 1 unspecified atom stereocenters. The molecule has 5 nitrogen and oxygen atoms in total. The van der Waals surface area contributed by atoms with Crippen molar-refractivity contribution in [3.63, 3.8) is 0 Å². The number of benzene rings is 2. The summed E-state index contributed by atoms with van der Waals surface area (Å²) >= 11 is 4.53. The number of para-hydroxylation sites is 1. The van der Waals surface area contributed by atoms with Crippen LogP contribution in [0, 0.1) is 0 Å². The molecular formula is C23H19N3O2S3. The molecule has 0 radical (unpaired) electrons. The van der Waals surface area contributed by atoms with Crippen LogP contribution in [-0.2, 0) is 11.8 Å². The summed E-state index contributed by atoms with van der Waals surface area (Å²) in [5, 5.41) is 3.05. The first-order chi connectivity index (χ1) is 15.1. The highest BCUT2D eigenvalue weighted by molar-refractivity contribution is 8.00. The van der Waals surface area contributed by atoms with Gasteiger partial charge in [-0.25, -0.2) is 4.98 Å². The van der Waals surface area contributed by atoms with E-state index in [0.29, 0.717) is 15.4 Å². The number of aromatic nitrogens is 2. The smallest absolute Gasteiger partial charge is 0.262 e. The molecule has 0 saturated heterocycles. The lowest BCUT2D eigenvalue weighted by molar-refractivity contribution is -0.116. The van der Waals surface area contributed by atoms with Crippen molar-refractivity contribution >= 4 is 56.7 Å². The summed E-state index contributed by atoms with van der Waals surface area (Å²) in [5.74, 6) is 1.02. The highest BCUT2D eigenvalue weighted by atomic mass is 32.2. The molecule has 1 aliphatic rings. The number of carbonyl (C=O) groups excluding carboxylic acids is 1. The highest BCUT2D eigenvalue weighted by Crippen LogP contribution is 2.43. The highest BCUT2D eigenvalue weighted by Gasteiger charge is 2.32. The van der Waals surface area contributed by atoms with Crippen LogP contribution in [0.3, 0.4) is 0 Å². The summed E-state index contributed by atoms with van der Waals surface area (Å²) in [6.07, 6.45) is 0. The van der Waals surface area contributed by atoms with E-state index in [9.17, 15) is 9.59 Å². The van der Waals surface area contributed by atoms with E-state index in [0.717, 1.165) is 21.9 Å². The first-order valence-corrected chi connectivity index (χ1v) is 12.6. The van der Waals surface area contributed by atoms with Crippen molar-refractivity contribution in [1.29, 1.82) is 0 Å². The molecule has 1 aliphatic heterocycles. The van der Waals surface area contributed by atoms with Crippen LogP contribution in [0.25, 0.3) is 10.2 Å². The molecule has 0 bridgehead atoms. The second-order valence-corrected chi connectivity index (χ2v) is 10.1. The fourth-order valence-corrected chi connectivity index (χ4v) is 6.53. The lowest BCUT2D eigenvalue weighted by Gasteiger charge is -2.37. The molecule has 1 amide bonds. The van der Waals surface area contributed by atoms with Gasteiger partial charge >= 0.3 is 0 Å². The Labute approximate surface area is 192 Å². The number of thioether (sulfide) groups is 2. The van der Waals surface area contributed by atoms with Crippen LogP contribution < -0.4 is 10.5 Å². The molecule has 0 fully saturated rings. The molecule has 2 aromatic heterocycles. The zero-order valence-corrected chi connectivity index (χ0v) is 19.2. The first kappa shape index (κ1) is 20.4. The zero-order valence-electron chi connectivity index (χ0n) is 16.7. The number of hydrogen-bond donors (Lipinski definition) is 0. The lowest BCUT2D eigenvalue weighted by Crippen LogP contribution is -2.39. The van der Waals surface area contributed by atoms with Crippen LogP contribution in [0.5, 0.6) is 0 Å². The molecule has 4 aromatic rings. The lowest BCUT2D eigenvalue weighted by atomic mass is 10.1.